The van der Waals surface area contributed by atoms with Crippen LogP contribution in [-0.2, 0) is 4.74 Å². The number of carbonyl (C=O) groups is 2. The van der Waals surface area contributed by atoms with Gasteiger partial charge < -0.3 is 4.74 Å². The van der Waals surface area contributed by atoms with E-state index in [9.17, 15) is 29.8 Å². The Morgan fingerprint density at radius 3 is 1.85 bits per heavy atom. The maximum absolute atomic E-state index is 12.7. The minimum Gasteiger partial charge on any atom is -0.385 e. The van der Waals surface area contributed by atoms with Gasteiger partial charge in [-0.15, -0.1) is 0 Å². The average Bonchev–Trinajstić information content (AvgIpc) is 2.61. The van der Waals surface area contributed by atoms with Crippen LogP contribution in [0.15, 0.2) is 24.3 Å². The normalized spacial score (nSPS) is 13.3. The fourth-order valence-corrected chi connectivity index (χ4v) is 3.07. The Morgan fingerprint density at radius 2 is 1.42 bits per heavy atom. The lowest BCUT2D eigenvalue weighted by Gasteiger charge is -2.26. The number of hydrogen-bond donors (Lipinski definition) is 0. The van der Waals surface area contributed by atoms with Crippen molar-refractivity contribution in [2.45, 2.75) is 6.42 Å². The van der Waals surface area contributed by atoms with Gasteiger partial charge >= 0.3 is 0 Å². The first-order chi connectivity index (χ1) is 12.4. The average molecular weight is 359 g/mol. The summed E-state index contributed by atoms with van der Waals surface area (Å²) in [6.45, 7) is 0.459. The molecule has 0 N–H and O–H groups in total. The van der Waals surface area contributed by atoms with E-state index in [1.54, 1.807) is 0 Å². The third-order valence-corrected chi connectivity index (χ3v) is 4.19. The van der Waals surface area contributed by atoms with E-state index in [4.69, 9.17) is 4.74 Å². The predicted octanol–water partition coefficient (Wildman–Crippen LogP) is 2.29. The molecule has 0 aromatic heterocycles. The summed E-state index contributed by atoms with van der Waals surface area (Å²) < 4.78 is 4.92. The van der Waals surface area contributed by atoms with Crippen molar-refractivity contribution in [2.75, 3.05) is 20.3 Å². The molecule has 1 aliphatic rings. The number of nitro benzene ring substituents is 2. The lowest BCUT2D eigenvalue weighted by molar-refractivity contribution is -0.390. The van der Waals surface area contributed by atoms with Gasteiger partial charge in [0.05, 0.1) is 9.85 Å². The molecule has 0 bridgehead atoms. The summed E-state index contributed by atoms with van der Waals surface area (Å²) in [5.74, 6) is -1.28. The van der Waals surface area contributed by atoms with E-state index in [1.165, 1.54) is 19.2 Å². The molecular weight excluding hydrogens is 346 g/mol. The van der Waals surface area contributed by atoms with Crippen molar-refractivity contribution in [1.82, 2.24) is 4.90 Å². The fraction of sp³-hybridized carbons (Fsp3) is 0.250. The molecule has 0 saturated heterocycles. The second-order valence-electron chi connectivity index (χ2n) is 5.64. The number of ether oxygens (including phenoxy) is 1. The zero-order chi connectivity index (χ0) is 19.0. The van der Waals surface area contributed by atoms with Crippen molar-refractivity contribution in [1.29, 1.82) is 0 Å². The summed E-state index contributed by atoms with van der Waals surface area (Å²) in [7, 11) is 1.49. The molecule has 0 unspecified atom stereocenters. The molecule has 10 nitrogen and oxygen atoms in total. The van der Waals surface area contributed by atoms with Crippen molar-refractivity contribution >= 4 is 34.0 Å². The zero-order valence-electron chi connectivity index (χ0n) is 13.6. The van der Waals surface area contributed by atoms with Crippen LogP contribution in [0.3, 0.4) is 0 Å². The minimum atomic E-state index is -0.768. The second-order valence-corrected chi connectivity index (χ2v) is 5.64. The van der Waals surface area contributed by atoms with Gasteiger partial charge in [0.1, 0.15) is 5.39 Å². The lowest BCUT2D eigenvalue weighted by atomic mass is 9.92. The van der Waals surface area contributed by atoms with Gasteiger partial charge in [0, 0.05) is 48.9 Å². The predicted molar refractivity (Wildman–Crippen MR) is 89.1 cm³/mol. The number of nitro groups is 2. The molecular formula is C16H13N3O7. The summed E-state index contributed by atoms with van der Waals surface area (Å²) in [5, 5.41) is 22.3. The van der Waals surface area contributed by atoms with Gasteiger partial charge in [-0.1, -0.05) is 0 Å². The number of rotatable bonds is 6. The van der Waals surface area contributed by atoms with Crippen LogP contribution in [0.5, 0.6) is 0 Å². The highest BCUT2D eigenvalue weighted by atomic mass is 16.6. The first-order valence-corrected chi connectivity index (χ1v) is 7.62. The molecule has 1 aliphatic heterocycles. The maximum Gasteiger partial charge on any atom is 0.284 e. The molecule has 0 fully saturated rings. The number of methoxy groups -OCH3 is 1. The molecule has 0 spiro atoms. The van der Waals surface area contributed by atoms with Gasteiger partial charge in [-0.05, 0) is 18.6 Å². The highest BCUT2D eigenvalue weighted by molar-refractivity contribution is 6.27. The van der Waals surface area contributed by atoms with Gasteiger partial charge in [-0.2, -0.15) is 0 Å². The van der Waals surface area contributed by atoms with E-state index in [0.29, 0.717) is 13.0 Å². The molecule has 0 saturated carbocycles. The molecule has 10 heteroatoms. The monoisotopic (exact) mass is 359 g/mol. The minimum absolute atomic E-state index is 0.0290. The smallest absolute Gasteiger partial charge is 0.284 e. The Hall–Kier alpha value is -3.40. The summed E-state index contributed by atoms with van der Waals surface area (Å²) >= 11 is 0. The van der Waals surface area contributed by atoms with Gasteiger partial charge in [0.15, 0.2) is 0 Å². The van der Waals surface area contributed by atoms with Crippen LogP contribution >= 0.6 is 0 Å². The van der Waals surface area contributed by atoms with Gasteiger partial charge in [-0.25, -0.2) is 0 Å². The number of imide groups is 1. The molecule has 134 valence electrons. The number of nitrogens with zero attached hydrogens (tertiary/aromatic N) is 3. The van der Waals surface area contributed by atoms with E-state index >= 15 is 0 Å². The third kappa shape index (κ3) is 2.56. The molecule has 1 heterocycles. The van der Waals surface area contributed by atoms with E-state index < -0.39 is 33.0 Å². The number of non-ortho nitro benzene ring substituents is 2. The first-order valence-electron chi connectivity index (χ1n) is 7.62. The lowest BCUT2D eigenvalue weighted by Crippen LogP contribution is -2.41. The van der Waals surface area contributed by atoms with Crippen LogP contribution in [0, 0.1) is 20.2 Å². The first kappa shape index (κ1) is 17.4. The van der Waals surface area contributed by atoms with E-state index in [2.05, 4.69) is 0 Å². The summed E-state index contributed by atoms with van der Waals surface area (Å²) in [6.07, 6.45) is 0.423. The van der Waals surface area contributed by atoms with E-state index in [1.807, 2.05) is 0 Å². The van der Waals surface area contributed by atoms with Crippen LogP contribution in [0.1, 0.15) is 27.1 Å². The SMILES string of the molecule is COCCCN1C(=O)c2ccc([N+](=O)[O-])c3c([N+](=O)[O-])ccc(c23)C1=O. The highest BCUT2D eigenvalue weighted by Gasteiger charge is 2.37. The number of benzene rings is 2. The molecule has 2 aromatic carbocycles. The molecule has 2 amide bonds. The zero-order valence-corrected chi connectivity index (χ0v) is 13.6. The summed E-state index contributed by atoms with van der Waals surface area (Å²) in [4.78, 5) is 47.5. The topological polar surface area (TPSA) is 133 Å². The Labute approximate surface area is 146 Å². The van der Waals surface area contributed by atoms with E-state index in [-0.39, 0.29) is 28.4 Å². The van der Waals surface area contributed by atoms with Crippen molar-refractivity contribution in [2.24, 2.45) is 0 Å². The van der Waals surface area contributed by atoms with Gasteiger partial charge in [0.25, 0.3) is 23.2 Å². The van der Waals surface area contributed by atoms with Crippen LogP contribution in [0.4, 0.5) is 11.4 Å². The quantitative estimate of drug-likeness (QED) is 0.334. The second kappa shape index (κ2) is 6.48. The molecule has 0 radical (unpaired) electrons. The largest absolute Gasteiger partial charge is 0.385 e. The number of amides is 2. The van der Waals surface area contributed by atoms with Gasteiger partial charge in [0.2, 0.25) is 0 Å². The summed E-state index contributed by atoms with van der Waals surface area (Å²) in [6, 6.07) is 4.56. The van der Waals surface area contributed by atoms with Crippen molar-refractivity contribution in [3.63, 3.8) is 0 Å². The Kier molecular flexibility index (Phi) is 4.34. The van der Waals surface area contributed by atoms with Crippen LogP contribution in [0.25, 0.3) is 10.8 Å². The number of carbonyl (C=O) groups excluding carboxylic acids is 2. The molecule has 26 heavy (non-hydrogen) atoms. The fourth-order valence-electron chi connectivity index (χ4n) is 3.07. The van der Waals surface area contributed by atoms with Crippen molar-refractivity contribution in [3.05, 3.63) is 55.6 Å². The van der Waals surface area contributed by atoms with Gasteiger partial charge in [-0.3, -0.25) is 34.7 Å². The Bertz CT molecular complexity index is 901. The van der Waals surface area contributed by atoms with Crippen molar-refractivity contribution in [3.8, 4) is 0 Å². The molecule has 0 aliphatic carbocycles. The molecule has 2 aromatic rings. The number of hydrogen-bond acceptors (Lipinski definition) is 7. The standard InChI is InChI=1S/C16H13N3O7/c1-26-8-2-7-17-15(20)9-3-5-11(18(22)23)14-12(19(24)25)6-4-10(13(9)14)16(17)21/h3-6H,2,7-8H2,1H3. The molecule has 3 rings (SSSR count). The van der Waals surface area contributed by atoms with Crippen LogP contribution in [0.2, 0.25) is 0 Å². The van der Waals surface area contributed by atoms with Crippen molar-refractivity contribution < 1.29 is 24.2 Å². The Morgan fingerprint density at radius 1 is 0.923 bits per heavy atom. The summed E-state index contributed by atoms with van der Waals surface area (Å²) in [5.41, 5.74) is -0.987. The molecule has 0 atom stereocenters. The highest BCUT2D eigenvalue weighted by Crippen LogP contribution is 2.40. The maximum atomic E-state index is 12.7. The Balaban J connectivity index is 2.27. The van der Waals surface area contributed by atoms with E-state index in [0.717, 1.165) is 17.0 Å². The van der Waals surface area contributed by atoms with Crippen LogP contribution in [-0.4, -0.2) is 46.8 Å². The van der Waals surface area contributed by atoms with Crippen LogP contribution < -0.4 is 0 Å². The third-order valence-electron chi connectivity index (χ3n) is 4.19.